The molecule has 0 radical (unpaired) electrons. The van der Waals surface area contributed by atoms with E-state index in [-0.39, 0.29) is 6.29 Å². The minimum atomic E-state index is -0.210. The molecule has 1 saturated carbocycles. The fourth-order valence-electron chi connectivity index (χ4n) is 8.44. The van der Waals surface area contributed by atoms with E-state index in [9.17, 15) is 0 Å². The van der Waals surface area contributed by atoms with Gasteiger partial charge in [0.05, 0.1) is 19.3 Å². The van der Waals surface area contributed by atoms with Crippen LogP contribution in [0, 0.1) is 38.5 Å². The smallest absolute Gasteiger partial charge is 0.183 e. The van der Waals surface area contributed by atoms with Gasteiger partial charge < -0.3 is 14.2 Å². The molecule has 2 heterocycles. The first-order valence-electron chi connectivity index (χ1n) is 22.5. The maximum absolute atomic E-state index is 5.94. The zero-order valence-electron chi connectivity index (χ0n) is 36.9. The highest BCUT2D eigenvalue weighted by atomic mass is 16.7. The summed E-state index contributed by atoms with van der Waals surface area (Å²) in [4.78, 5) is 0. The van der Waals surface area contributed by atoms with Gasteiger partial charge in [0.25, 0.3) is 0 Å². The third-order valence-corrected chi connectivity index (χ3v) is 12.6. The Labute approximate surface area is 361 Å². The van der Waals surface area contributed by atoms with Crippen molar-refractivity contribution in [3.8, 4) is 33.4 Å². The number of aryl methyl sites for hydroxylation is 3. The molecular formula is C57H66O3. The Balaban J connectivity index is 0.000000136. The van der Waals surface area contributed by atoms with Crippen molar-refractivity contribution < 1.29 is 14.2 Å². The number of benzene rings is 6. The van der Waals surface area contributed by atoms with Crippen LogP contribution in [0.25, 0.3) is 33.4 Å². The summed E-state index contributed by atoms with van der Waals surface area (Å²) in [6.45, 7) is 15.6. The summed E-state index contributed by atoms with van der Waals surface area (Å²) < 4.78 is 17.4. The summed E-state index contributed by atoms with van der Waals surface area (Å²) in [7, 11) is 0. The number of rotatable bonds is 6. The molecule has 2 saturated heterocycles. The molecular weight excluding hydrogens is 733 g/mol. The molecule has 3 nitrogen and oxygen atoms in total. The lowest BCUT2D eigenvalue weighted by molar-refractivity contribution is -0.202. The SMILES string of the molecule is Cc1ccc(-c2ccc(C3CCC(C)CC3)cc2)cc1.Cc1ccc(-c2ccc(C3CC[C@@H](C)CO3)cc2)cc1.Cc1ccc(-c2ccc(C3OCC(C)CO3)cc2)cc1. The van der Waals surface area contributed by atoms with Crippen LogP contribution in [0.15, 0.2) is 146 Å². The molecule has 3 heteroatoms. The zero-order valence-corrected chi connectivity index (χ0v) is 36.9. The Morgan fingerprint density at radius 3 is 1.03 bits per heavy atom. The first kappa shape index (κ1) is 43.3. The van der Waals surface area contributed by atoms with E-state index in [2.05, 4.69) is 187 Å². The van der Waals surface area contributed by atoms with E-state index in [1.54, 1.807) is 0 Å². The largest absolute Gasteiger partial charge is 0.373 e. The fourth-order valence-corrected chi connectivity index (χ4v) is 8.44. The van der Waals surface area contributed by atoms with Gasteiger partial charge in [-0.05, 0) is 109 Å². The Bertz CT molecular complexity index is 1890. The second-order valence-corrected chi connectivity index (χ2v) is 18.0. The van der Waals surface area contributed by atoms with Crippen molar-refractivity contribution in [3.63, 3.8) is 0 Å². The predicted octanol–water partition coefficient (Wildman–Crippen LogP) is 15.4. The van der Waals surface area contributed by atoms with E-state index in [0.717, 1.165) is 43.6 Å². The molecule has 1 unspecified atom stereocenters. The summed E-state index contributed by atoms with van der Waals surface area (Å²) >= 11 is 0. The standard InChI is InChI=1S/C20H24.C19H22O.C18H20O2/c1-15-3-7-17(8-4-15)19-11-13-20(14-12-19)18-9-5-16(2)6-10-18;1-14-3-6-16(7-4-14)17-8-10-18(11-9-17)19-12-5-15(2)13-20-19;1-13-3-5-15(6-4-13)16-7-9-17(10-8-16)18-19-11-14(2)12-20-18/h3-4,7-8,11-14,16,18H,5-6,9-10H2,1-2H3;3-4,6-11,15,19H,5,12-13H2,1-2H3;3-10,14,18H,11-12H2,1-2H3/t;15-,19?;/m.1./s1. The maximum Gasteiger partial charge on any atom is 0.183 e. The molecule has 0 N–H and O–H groups in total. The van der Waals surface area contributed by atoms with E-state index in [0.29, 0.717) is 17.9 Å². The molecule has 60 heavy (non-hydrogen) atoms. The summed E-state index contributed by atoms with van der Waals surface area (Å²) in [6, 6.07) is 52.6. The van der Waals surface area contributed by atoms with Gasteiger partial charge in [0.1, 0.15) is 0 Å². The van der Waals surface area contributed by atoms with Crippen LogP contribution in [0.1, 0.15) is 111 Å². The van der Waals surface area contributed by atoms with Crippen LogP contribution in [0.3, 0.4) is 0 Å². The van der Waals surface area contributed by atoms with Crippen molar-refractivity contribution in [2.24, 2.45) is 17.8 Å². The Hall–Kier alpha value is -4.80. The second kappa shape index (κ2) is 21.1. The normalized spacial score (nSPS) is 22.7. The quantitative estimate of drug-likeness (QED) is 0.168. The van der Waals surface area contributed by atoms with E-state index < -0.39 is 0 Å². The zero-order chi connectivity index (χ0) is 41.8. The van der Waals surface area contributed by atoms with Crippen molar-refractivity contribution in [1.29, 1.82) is 0 Å². The lowest BCUT2D eigenvalue weighted by Crippen LogP contribution is -2.24. The molecule has 312 valence electrons. The van der Waals surface area contributed by atoms with Crippen LogP contribution in [0.4, 0.5) is 0 Å². The molecule has 3 fully saturated rings. The van der Waals surface area contributed by atoms with E-state index >= 15 is 0 Å². The first-order chi connectivity index (χ1) is 29.2. The number of hydrogen-bond acceptors (Lipinski definition) is 3. The molecule has 2 atom stereocenters. The lowest BCUT2D eigenvalue weighted by Gasteiger charge is -2.27. The lowest BCUT2D eigenvalue weighted by atomic mass is 9.79. The van der Waals surface area contributed by atoms with Gasteiger partial charge in [0.15, 0.2) is 6.29 Å². The summed E-state index contributed by atoms with van der Waals surface area (Å²) in [5, 5.41) is 0. The van der Waals surface area contributed by atoms with E-state index in [1.807, 2.05) is 0 Å². The van der Waals surface area contributed by atoms with Crippen LogP contribution in [0.2, 0.25) is 0 Å². The average molecular weight is 799 g/mol. The second-order valence-electron chi connectivity index (χ2n) is 18.0. The summed E-state index contributed by atoms with van der Waals surface area (Å²) in [5.41, 5.74) is 15.5. The third kappa shape index (κ3) is 12.2. The molecule has 0 amide bonds. The van der Waals surface area contributed by atoms with Crippen LogP contribution in [-0.2, 0) is 14.2 Å². The Kier molecular flexibility index (Phi) is 15.2. The van der Waals surface area contributed by atoms with Crippen LogP contribution < -0.4 is 0 Å². The van der Waals surface area contributed by atoms with Crippen molar-refractivity contribution >= 4 is 0 Å². The van der Waals surface area contributed by atoms with Gasteiger partial charge in [-0.2, -0.15) is 0 Å². The van der Waals surface area contributed by atoms with Gasteiger partial charge in [0, 0.05) is 18.1 Å². The van der Waals surface area contributed by atoms with Gasteiger partial charge in [-0.3, -0.25) is 0 Å². The van der Waals surface area contributed by atoms with Gasteiger partial charge in [-0.1, -0.05) is 196 Å². The maximum atomic E-state index is 5.94. The summed E-state index contributed by atoms with van der Waals surface area (Å²) in [6.07, 6.45) is 8.01. The minimum absolute atomic E-state index is 0.210. The number of hydrogen-bond donors (Lipinski definition) is 0. The molecule has 3 aliphatic rings. The third-order valence-electron chi connectivity index (χ3n) is 12.6. The van der Waals surface area contributed by atoms with Gasteiger partial charge >= 0.3 is 0 Å². The monoisotopic (exact) mass is 799 g/mol. The highest BCUT2D eigenvalue weighted by Gasteiger charge is 2.22. The molecule has 6 aromatic rings. The molecule has 2 aliphatic heterocycles. The van der Waals surface area contributed by atoms with Crippen molar-refractivity contribution in [1.82, 2.24) is 0 Å². The molecule has 0 bridgehead atoms. The first-order valence-corrected chi connectivity index (χ1v) is 22.5. The molecule has 0 aromatic heterocycles. The van der Waals surface area contributed by atoms with Crippen LogP contribution >= 0.6 is 0 Å². The predicted molar refractivity (Wildman–Crippen MR) is 251 cm³/mol. The minimum Gasteiger partial charge on any atom is -0.373 e. The Morgan fingerprint density at radius 1 is 0.317 bits per heavy atom. The molecule has 6 aromatic carbocycles. The van der Waals surface area contributed by atoms with E-state index in [4.69, 9.17) is 14.2 Å². The highest BCUT2D eigenvalue weighted by molar-refractivity contribution is 5.65. The van der Waals surface area contributed by atoms with Gasteiger partial charge in [-0.15, -0.1) is 0 Å². The van der Waals surface area contributed by atoms with Crippen molar-refractivity contribution in [2.45, 2.75) is 98.4 Å². The average Bonchev–Trinajstić information content (AvgIpc) is 3.29. The van der Waals surface area contributed by atoms with Gasteiger partial charge in [-0.25, -0.2) is 0 Å². The topological polar surface area (TPSA) is 27.7 Å². The van der Waals surface area contributed by atoms with Crippen molar-refractivity contribution in [3.05, 3.63) is 179 Å². The van der Waals surface area contributed by atoms with Crippen molar-refractivity contribution in [2.75, 3.05) is 19.8 Å². The molecule has 1 aliphatic carbocycles. The fraction of sp³-hybridized carbons (Fsp3) is 0.368. The Morgan fingerprint density at radius 2 is 0.650 bits per heavy atom. The van der Waals surface area contributed by atoms with Gasteiger partial charge in [0.2, 0.25) is 0 Å². The number of ether oxygens (including phenoxy) is 3. The van der Waals surface area contributed by atoms with E-state index in [1.165, 1.54) is 93.3 Å². The highest BCUT2D eigenvalue weighted by Crippen LogP contribution is 2.36. The summed E-state index contributed by atoms with van der Waals surface area (Å²) in [5.74, 6) is 2.91. The van der Waals surface area contributed by atoms with Crippen LogP contribution in [-0.4, -0.2) is 19.8 Å². The molecule has 0 spiro atoms. The van der Waals surface area contributed by atoms with Crippen LogP contribution in [0.5, 0.6) is 0 Å². The molecule has 9 rings (SSSR count).